The lowest BCUT2D eigenvalue weighted by Crippen LogP contribution is -2.38. The molecule has 18 heavy (non-hydrogen) atoms. The third-order valence-electron chi connectivity index (χ3n) is 3.21. The average Bonchev–Trinajstić information content (AvgIpc) is 2.33. The van der Waals surface area contributed by atoms with Gasteiger partial charge in [-0.25, -0.2) is 4.39 Å². The summed E-state index contributed by atoms with van der Waals surface area (Å²) >= 11 is 5.77. The molecule has 1 aromatic carbocycles. The highest BCUT2D eigenvalue weighted by Crippen LogP contribution is 2.31. The number of hydrogen-bond donors (Lipinski definition) is 2. The number of hydrogen-bond acceptors (Lipinski definition) is 2. The number of nitrogens with two attached hydrogens (primary N) is 1. The van der Waals surface area contributed by atoms with E-state index < -0.39 is 11.2 Å². The summed E-state index contributed by atoms with van der Waals surface area (Å²) in [5.74, 6) is -0.0165. The molecule has 1 rings (SSSR count). The Morgan fingerprint density at radius 2 is 2.11 bits per heavy atom. The molecule has 0 saturated carbocycles. The van der Waals surface area contributed by atoms with Gasteiger partial charge in [0.15, 0.2) is 0 Å². The lowest BCUT2D eigenvalue weighted by atomic mass is 9.76. The summed E-state index contributed by atoms with van der Waals surface area (Å²) in [6, 6.07) is 4.93. The van der Waals surface area contributed by atoms with Crippen LogP contribution in [0.25, 0.3) is 0 Å². The Kier molecular flexibility index (Phi) is 5.57. The first-order valence-electron chi connectivity index (χ1n) is 6.18. The Hall–Kier alpha value is -0.640. The second-order valence-electron chi connectivity index (χ2n) is 5.35. The van der Waals surface area contributed by atoms with Crippen molar-refractivity contribution in [3.05, 3.63) is 34.6 Å². The van der Waals surface area contributed by atoms with E-state index in [1.807, 2.05) is 0 Å². The van der Waals surface area contributed by atoms with Crippen LogP contribution in [0.2, 0.25) is 5.02 Å². The second kappa shape index (κ2) is 6.50. The van der Waals surface area contributed by atoms with Crippen LogP contribution in [0.5, 0.6) is 0 Å². The fourth-order valence-corrected chi connectivity index (χ4v) is 2.56. The molecule has 2 nitrogen and oxygen atoms in total. The van der Waals surface area contributed by atoms with Gasteiger partial charge in [-0.3, -0.25) is 0 Å². The third kappa shape index (κ3) is 3.67. The Balaban J connectivity index is 2.99. The van der Waals surface area contributed by atoms with Crippen LogP contribution >= 0.6 is 11.6 Å². The summed E-state index contributed by atoms with van der Waals surface area (Å²) in [5, 5.41) is 9.72. The molecule has 1 atom stereocenters. The Bertz CT molecular complexity index is 391. The van der Waals surface area contributed by atoms with Crippen LogP contribution in [-0.2, 0) is 6.42 Å². The van der Waals surface area contributed by atoms with Gasteiger partial charge >= 0.3 is 0 Å². The van der Waals surface area contributed by atoms with Gasteiger partial charge in [-0.15, -0.1) is 0 Å². The Morgan fingerprint density at radius 3 is 2.61 bits per heavy atom. The molecule has 0 bridgehead atoms. The van der Waals surface area contributed by atoms with Crippen LogP contribution in [0, 0.1) is 17.2 Å². The summed E-state index contributed by atoms with van der Waals surface area (Å²) < 4.78 is 13.9. The zero-order chi connectivity index (χ0) is 13.8. The maximum atomic E-state index is 13.9. The molecule has 0 aliphatic carbocycles. The molecular weight excluding hydrogens is 253 g/mol. The van der Waals surface area contributed by atoms with Crippen molar-refractivity contribution in [2.24, 2.45) is 17.1 Å². The second-order valence-corrected chi connectivity index (χ2v) is 5.76. The van der Waals surface area contributed by atoms with E-state index in [1.54, 1.807) is 12.1 Å². The van der Waals surface area contributed by atoms with Crippen molar-refractivity contribution in [3.63, 3.8) is 0 Å². The van der Waals surface area contributed by atoms with Gasteiger partial charge in [0, 0.05) is 12.0 Å². The topological polar surface area (TPSA) is 46.2 Å². The van der Waals surface area contributed by atoms with Crippen molar-refractivity contribution < 1.29 is 9.50 Å². The molecule has 1 unspecified atom stereocenters. The van der Waals surface area contributed by atoms with Gasteiger partial charge in [-0.05, 0) is 30.4 Å². The number of aliphatic hydroxyl groups is 1. The van der Waals surface area contributed by atoms with E-state index in [-0.39, 0.29) is 11.6 Å². The van der Waals surface area contributed by atoms with Crippen molar-refractivity contribution in [2.75, 3.05) is 13.2 Å². The molecule has 1 aromatic rings. The fourth-order valence-electron chi connectivity index (χ4n) is 2.37. The van der Waals surface area contributed by atoms with Crippen LogP contribution in [0.3, 0.4) is 0 Å². The zero-order valence-electron chi connectivity index (χ0n) is 10.9. The van der Waals surface area contributed by atoms with Crippen LogP contribution in [-0.4, -0.2) is 18.3 Å². The third-order valence-corrected chi connectivity index (χ3v) is 3.50. The molecule has 0 saturated heterocycles. The first-order valence-corrected chi connectivity index (χ1v) is 6.56. The standard InChI is InChI=1S/C14H21ClFNO/c1-10(2)6-14(8-17,9-18)7-11-4-3-5-12(15)13(11)16/h3-5,10,18H,6-9,17H2,1-2H3. The van der Waals surface area contributed by atoms with E-state index in [0.717, 1.165) is 6.42 Å². The van der Waals surface area contributed by atoms with E-state index in [9.17, 15) is 9.50 Å². The maximum Gasteiger partial charge on any atom is 0.144 e. The average molecular weight is 274 g/mol. The summed E-state index contributed by atoms with van der Waals surface area (Å²) in [4.78, 5) is 0. The molecule has 4 heteroatoms. The number of halogens is 2. The number of benzene rings is 1. The highest BCUT2D eigenvalue weighted by atomic mass is 35.5. The molecule has 0 aromatic heterocycles. The lowest BCUT2D eigenvalue weighted by molar-refractivity contribution is 0.107. The van der Waals surface area contributed by atoms with Crippen molar-refractivity contribution in [3.8, 4) is 0 Å². The maximum absolute atomic E-state index is 13.9. The van der Waals surface area contributed by atoms with Gasteiger partial charge in [-0.2, -0.15) is 0 Å². The van der Waals surface area contributed by atoms with Crippen molar-refractivity contribution in [1.82, 2.24) is 0 Å². The molecule has 0 fully saturated rings. The highest BCUT2D eigenvalue weighted by molar-refractivity contribution is 6.30. The molecule has 0 aliphatic rings. The minimum absolute atomic E-state index is 0.0480. The first kappa shape index (κ1) is 15.4. The largest absolute Gasteiger partial charge is 0.396 e. The van der Waals surface area contributed by atoms with E-state index in [2.05, 4.69) is 13.8 Å². The van der Waals surface area contributed by atoms with Crippen LogP contribution in [0.4, 0.5) is 4.39 Å². The van der Waals surface area contributed by atoms with Gasteiger partial charge in [0.25, 0.3) is 0 Å². The summed E-state index contributed by atoms with van der Waals surface area (Å²) in [6.07, 6.45) is 1.16. The first-order chi connectivity index (χ1) is 8.44. The molecule has 0 spiro atoms. The summed E-state index contributed by atoms with van der Waals surface area (Å²) in [6.45, 7) is 4.41. The minimum Gasteiger partial charge on any atom is -0.396 e. The summed E-state index contributed by atoms with van der Waals surface area (Å²) in [5.41, 5.74) is 5.83. The van der Waals surface area contributed by atoms with E-state index in [0.29, 0.717) is 24.4 Å². The molecular formula is C14H21ClFNO. The monoisotopic (exact) mass is 273 g/mol. The smallest absolute Gasteiger partial charge is 0.144 e. The van der Waals surface area contributed by atoms with E-state index >= 15 is 0 Å². The predicted octanol–water partition coefficient (Wildman–Crippen LogP) is 3.01. The summed E-state index contributed by atoms with van der Waals surface area (Å²) in [7, 11) is 0. The van der Waals surface area contributed by atoms with Crippen LogP contribution in [0.15, 0.2) is 18.2 Å². The number of aliphatic hydroxyl groups excluding tert-OH is 1. The minimum atomic E-state index is -0.473. The number of rotatable bonds is 6. The highest BCUT2D eigenvalue weighted by Gasteiger charge is 2.30. The fraction of sp³-hybridized carbons (Fsp3) is 0.571. The lowest BCUT2D eigenvalue weighted by Gasteiger charge is -2.32. The van der Waals surface area contributed by atoms with Crippen LogP contribution < -0.4 is 5.73 Å². The van der Waals surface area contributed by atoms with Gasteiger partial charge in [0.05, 0.1) is 11.6 Å². The SMILES string of the molecule is CC(C)CC(CN)(CO)Cc1cccc(Cl)c1F. The van der Waals surface area contributed by atoms with Crippen molar-refractivity contribution in [1.29, 1.82) is 0 Å². The normalized spacial score (nSPS) is 14.8. The van der Waals surface area contributed by atoms with Gasteiger partial charge < -0.3 is 10.8 Å². The molecule has 102 valence electrons. The van der Waals surface area contributed by atoms with Crippen molar-refractivity contribution >= 4 is 11.6 Å². The molecule has 0 radical (unpaired) electrons. The molecule has 3 N–H and O–H groups in total. The zero-order valence-corrected chi connectivity index (χ0v) is 11.7. The quantitative estimate of drug-likeness (QED) is 0.837. The Labute approximate surface area is 113 Å². The van der Waals surface area contributed by atoms with E-state index in [4.69, 9.17) is 17.3 Å². The van der Waals surface area contributed by atoms with Crippen LogP contribution in [0.1, 0.15) is 25.8 Å². The molecule has 0 heterocycles. The van der Waals surface area contributed by atoms with E-state index in [1.165, 1.54) is 6.07 Å². The van der Waals surface area contributed by atoms with Gasteiger partial charge in [0.1, 0.15) is 5.82 Å². The molecule has 0 aliphatic heterocycles. The van der Waals surface area contributed by atoms with Crippen molar-refractivity contribution in [2.45, 2.75) is 26.7 Å². The predicted molar refractivity (Wildman–Crippen MR) is 73.1 cm³/mol. The Morgan fingerprint density at radius 1 is 1.44 bits per heavy atom. The van der Waals surface area contributed by atoms with Gasteiger partial charge in [0.2, 0.25) is 0 Å². The van der Waals surface area contributed by atoms with Gasteiger partial charge in [-0.1, -0.05) is 37.6 Å². The molecule has 0 amide bonds.